The van der Waals surface area contributed by atoms with Crippen molar-refractivity contribution in [1.29, 1.82) is 0 Å². The second-order valence-electron chi connectivity index (χ2n) is 3.30. The summed E-state index contributed by atoms with van der Waals surface area (Å²) in [7, 11) is 0. The number of imide groups is 1. The maximum absolute atomic E-state index is 11.2. The molecule has 0 spiro atoms. The molecule has 6 heteroatoms. The molecular weight excluding hydrogens is 186 g/mol. The molecule has 0 saturated carbocycles. The van der Waals surface area contributed by atoms with E-state index in [4.69, 9.17) is 5.73 Å². The smallest absolute Gasteiger partial charge is 0.249 e. The zero-order valence-corrected chi connectivity index (χ0v) is 7.87. The van der Waals surface area contributed by atoms with Crippen LogP contribution in [-0.2, 0) is 14.4 Å². The molecule has 0 aromatic rings. The monoisotopic (exact) mass is 199 g/mol. The van der Waals surface area contributed by atoms with E-state index < -0.39 is 18.0 Å². The predicted molar refractivity (Wildman–Crippen MR) is 48.0 cm³/mol. The van der Waals surface area contributed by atoms with Crippen LogP contribution in [-0.4, -0.2) is 29.8 Å². The van der Waals surface area contributed by atoms with E-state index in [1.54, 1.807) is 0 Å². The van der Waals surface area contributed by atoms with Crippen molar-refractivity contribution in [3.8, 4) is 0 Å². The number of hydrogen-bond donors (Lipinski definition) is 3. The molecule has 4 N–H and O–H groups in total. The van der Waals surface area contributed by atoms with E-state index in [9.17, 15) is 14.4 Å². The summed E-state index contributed by atoms with van der Waals surface area (Å²) in [6.45, 7) is 1.53. The highest BCUT2D eigenvalue weighted by molar-refractivity contribution is 6.01. The van der Waals surface area contributed by atoms with E-state index in [1.807, 2.05) is 0 Å². The highest BCUT2D eigenvalue weighted by Gasteiger charge is 2.28. The molecule has 0 bridgehead atoms. The molecule has 0 unspecified atom stereocenters. The van der Waals surface area contributed by atoms with Crippen LogP contribution in [0.25, 0.3) is 0 Å². The fraction of sp³-hybridized carbons (Fsp3) is 0.625. The second-order valence-corrected chi connectivity index (χ2v) is 3.30. The van der Waals surface area contributed by atoms with Gasteiger partial charge in [-0.05, 0) is 13.3 Å². The van der Waals surface area contributed by atoms with Crippen LogP contribution in [0.3, 0.4) is 0 Å². The van der Waals surface area contributed by atoms with Gasteiger partial charge in [0.15, 0.2) is 0 Å². The van der Waals surface area contributed by atoms with Crippen molar-refractivity contribution in [3.05, 3.63) is 0 Å². The molecule has 1 saturated heterocycles. The van der Waals surface area contributed by atoms with E-state index >= 15 is 0 Å². The maximum atomic E-state index is 11.2. The molecule has 0 aromatic carbocycles. The van der Waals surface area contributed by atoms with Crippen LogP contribution < -0.4 is 16.4 Å². The van der Waals surface area contributed by atoms with Gasteiger partial charge in [-0.3, -0.25) is 19.7 Å². The summed E-state index contributed by atoms with van der Waals surface area (Å²) in [5.41, 5.74) is 5.32. The molecule has 1 aliphatic heterocycles. The van der Waals surface area contributed by atoms with Gasteiger partial charge in [-0.25, -0.2) is 0 Å². The van der Waals surface area contributed by atoms with Gasteiger partial charge in [0.05, 0.1) is 6.04 Å². The normalized spacial score (nSPS) is 24.0. The molecule has 0 radical (unpaired) electrons. The molecule has 3 amide bonds. The van der Waals surface area contributed by atoms with Gasteiger partial charge in [0, 0.05) is 6.42 Å². The van der Waals surface area contributed by atoms with Gasteiger partial charge < -0.3 is 11.1 Å². The Morgan fingerprint density at radius 1 is 1.64 bits per heavy atom. The van der Waals surface area contributed by atoms with Crippen molar-refractivity contribution in [2.45, 2.75) is 31.8 Å². The number of carbonyl (C=O) groups is 3. The summed E-state index contributed by atoms with van der Waals surface area (Å²) >= 11 is 0. The van der Waals surface area contributed by atoms with Crippen molar-refractivity contribution >= 4 is 17.7 Å². The lowest BCUT2D eigenvalue weighted by Crippen LogP contribution is -2.54. The van der Waals surface area contributed by atoms with Gasteiger partial charge in [0.2, 0.25) is 17.7 Å². The number of carbonyl (C=O) groups excluding carboxylic acids is 3. The van der Waals surface area contributed by atoms with Gasteiger partial charge in [-0.1, -0.05) is 0 Å². The summed E-state index contributed by atoms with van der Waals surface area (Å²) in [4.78, 5) is 33.1. The Bertz CT molecular complexity index is 275. The minimum atomic E-state index is -0.652. The van der Waals surface area contributed by atoms with Gasteiger partial charge in [-0.2, -0.15) is 0 Å². The lowest BCUT2D eigenvalue weighted by Gasteiger charge is -2.22. The van der Waals surface area contributed by atoms with E-state index in [2.05, 4.69) is 10.6 Å². The standard InChI is InChI=1S/C8H13N3O3/c1-4(9)7(13)10-5-2-3-6(12)11-8(5)14/h4-5H,2-3,9H2,1H3,(H,10,13)(H,11,12,14)/t4-,5-/m1/s1. The van der Waals surface area contributed by atoms with Crippen molar-refractivity contribution in [1.82, 2.24) is 10.6 Å². The summed E-state index contributed by atoms with van der Waals surface area (Å²) in [5, 5.41) is 4.60. The highest BCUT2D eigenvalue weighted by Crippen LogP contribution is 2.03. The zero-order valence-electron chi connectivity index (χ0n) is 7.87. The van der Waals surface area contributed by atoms with Crippen molar-refractivity contribution in [2.24, 2.45) is 5.73 Å². The van der Waals surface area contributed by atoms with Crippen molar-refractivity contribution in [2.75, 3.05) is 0 Å². The average molecular weight is 199 g/mol. The zero-order chi connectivity index (χ0) is 10.7. The molecule has 6 nitrogen and oxygen atoms in total. The number of rotatable bonds is 2. The fourth-order valence-electron chi connectivity index (χ4n) is 1.13. The Labute approximate surface area is 81.2 Å². The van der Waals surface area contributed by atoms with Crippen LogP contribution in [0.5, 0.6) is 0 Å². The molecule has 1 heterocycles. The molecule has 1 fully saturated rings. The molecule has 1 aliphatic rings. The van der Waals surface area contributed by atoms with Gasteiger partial charge in [-0.15, -0.1) is 0 Å². The van der Waals surface area contributed by atoms with Crippen LogP contribution >= 0.6 is 0 Å². The molecule has 0 aromatic heterocycles. The minimum Gasteiger partial charge on any atom is -0.343 e. The third-order valence-corrected chi connectivity index (χ3v) is 1.97. The van der Waals surface area contributed by atoms with Gasteiger partial charge in [0.1, 0.15) is 6.04 Å². The largest absolute Gasteiger partial charge is 0.343 e. The first kappa shape index (κ1) is 10.6. The molecule has 1 rings (SSSR count). The number of nitrogens with two attached hydrogens (primary N) is 1. The molecule has 2 atom stereocenters. The average Bonchev–Trinajstić information content (AvgIpc) is 2.09. The second kappa shape index (κ2) is 4.19. The Hall–Kier alpha value is -1.43. The van der Waals surface area contributed by atoms with E-state index in [1.165, 1.54) is 6.92 Å². The topological polar surface area (TPSA) is 101 Å². The summed E-state index contributed by atoms with van der Waals surface area (Å²) in [5.74, 6) is -1.16. The molecule has 14 heavy (non-hydrogen) atoms. The number of nitrogens with one attached hydrogen (secondary N) is 2. The first-order chi connectivity index (χ1) is 6.50. The Kier molecular flexibility index (Phi) is 3.19. The third-order valence-electron chi connectivity index (χ3n) is 1.97. The third kappa shape index (κ3) is 2.53. The van der Waals surface area contributed by atoms with Crippen molar-refractivity contribution in [3.63, 3.8) is 0 Å². The quantitative estimate of drug-likeness (QED) is 0.459. The molecular formula is C8H13N3O3. The van der Waals surface area contributed by atoms with Crippen LogP contribution in [0.1, 0.15) is 19.8 Å². The van der Waals surface area contributed by atoms with Gasteiger partial charge in [0.25, 0.3) is 0 Å². The maximum Gasteiger partial charge on any atom is 0.249 e. The predicted octanol–water partition coefficient (Wildman–Crippen LogP) is -1.74. The summed E-state index contributed by atoms with van der Waals surface area (Å²) < 4.78 is 0. The van der Waals surface area contributed by atoms with Gasteiger partial charge >= 0.3 is 0 Å². The Morgan fingerprint density at radius 2 is 2.29 bits per heavy atom. The van der Waals surface area contributed by atoms with Crippen LogP contribution in [0, 0.1) is 0 Å². The summed E-state index contributed by atoms with van der Waals surface area (Å²) in [6.07, 6.45) is 0.582. The Balaban J connectivity index is 2.49. The molecule has 78 valence electrons. The minimum absolute atomic E-state index is 0.246. The molecule has 0 aliphatic carbocycles. The fourth-order valence-corrected chi connectivity index (χ4v) is 1.13. The summed E-state index contributed by atoms with van der Waals surface area (Å²) in [6, 6.07) is -1.29. The van der Waals surface area contributed by atoms with Crippen LogP contribution in [0.15, 0.2) is 0 Å². The first-order valence-corrected chi connectivity index (χ1v) is 4.40. The SMILES string of the molecule is C[C@@H](N)C(=O)N[C@@H]1CCC(=O)NC1=O. The van der Waals surface area contributed by atoms with Crippen molar-refractivity contribution < 1.29 is 14.4 Å². The lowest BCUT2D eigenvalue weighted by molar-refractivity contribution is -0.137. The lowest BCUT2D eigenvalue weighted by atomic mass is 10.1. The van der Waals surface area contributed by atoms with E-state index in [0.29, 0.717) is 6.42 Å². The number of amides is 3. The number of piperidine rings is 1. The number of hydrogen-bond acceptors (Lipinski definition) is 4. The first-order valence-electron chi connectivity index (χ1n) is 4.40. The highest BCUT2D eigenvalue weighted by atomic mass is 16.2. The van der Waals surface area contributed by atoms with E-state index in [-0.39, 0.29) is 18.2 Å². The van der Waals surface area contributed by atoms with Crippen LogP contribution in [0.2, 0.25) is 0 Å². The van der Waals surface area contributed by atoms with Crippen LogP contribution in [0.4, 0.5) is 0 Å². The van der Waals surface area contributed by atoms with E-state index in [0.717, 1.165) is 0 Å². The Morgan fingerprint density at radius 3 is 2.79 bits per heavy atom.